The van der Waals surface area contributed by atoms with E-state index in [4.69, 9.17) is 5.73 Å². The van der Waals surface area contributed by atoms with Crippen molar-refractivity contribution in [1.29, 1.82) is 0 Å². The predicted molar refractivity (Wildman–Crippen MR) is 78.0 cm³/mol. The number of rotatable bonds is 5. The second kappa shape index (κ2) is 6.70. The lowest BCUT2D eigenvalue weighted by Crippen LogP contribution is -2.51. The molecule has 0 radical (unpaired) electrons. The lowest BCUT2D eigenvalue weighted by molar-refractivity contribution is -0.126. The van der Waals surface area contributed by atoms with Crippen LogP contribution in [0.15, 0.2) is 22.7 Å². The SMILES string of the molecule is NC1(C(=O)NCc2cc(Br)ccc2OC(F)F)CCCC1. The minimum absolute atomic E-state index is 0.0472. The number of hydrogen-bond acceptors (Lipinski definition) is 3. The summed E-state index contributed by atoms with van der Waals surface area (Å²) in [6.07, 6.45) is 3.16. The van der Waals surface area contributed by atoms with E-state index in [1.807, 2.05) is 0 Å². The Hall–Kier alpha value is -1.21. The average Bonchev–Trinajstić information content (AvgIpc) is 2.86. The molecule has 0 aromatic heterocycles. The predicted octanol–water partition coefficient (Wildman–Crippen LogP) is 2.94. The largest absolute Gasteiger partial charge is 0.434 e. The number of hydrogen-bond donors (Lipinski definition) is 2. The summed E-state index contributed by atoms with van der Waals surface area (Å²) in [5.74, 6) is -0.200. The van der Waals surface area contributed by atoms with Gasteiger partial charge in [0.1, 0.15) is 5.75 Å². The van der Waals surface area contributed by atoms with Crippen LogP contribution in [0.5, 0.6) is 5.75 Å². The van der Waals surface area contributed by atoms with E-state index in [2.05, 4.69) is 26.0 Å². The zero-order chi connectivity index (χ0) is 15.5. The Balaban J connectivity index is 2.05. The van der Waals surface area contributed by atoms with E-state index >= 15 is 0 Å². The molecule has 1 aliphatic carbocycles. The summed E-state index contributed by atoms with van der Waals surface area (Å²) in [7, 11) is 0. The third-order valence-electron chi connectivity index (χ3n) is 3.63. The van der Waals surface area contributed by atoms with E-state index in [1.165, 1.54) is 6.07 Å². The van der Waals surface area contributed by atoms with Crippen LogP contribution in [-0.4, -0.2) is 18.1 Å². The van der Waals surface area contributed by atoms with Crippen molar-refractivity contribution in [2.75, 3.05) is 0 Å². The highest BCUT2D eigenvalue weighted by Crippen LogP contribution is 2.28. The van der Waals surface area contributed by atoms with Crippen LogP contribution in [0.25, 0.3) is 0 Å². The van der Waals surface area contributed by atoms with Gasteiger partial charge in [0.2, 0.25) is 5.91 Å². The standard InChI is InChI=1S/C14H17BrF2N2O2/c15-10-3-4-11(21-13(16)17)9(7-10)8-19-12(20)14(18)5-1-2-6-14/h3-4,7,13H,1-2,5-6,8,18H2,(H,19,20). The Kier molecular flexibility index (Phi) is 5.16. The minimum atomic E-state index is -2.91. The minimum Gasteiger partial charge on any atom is -0.434 e. The molecule has 21 heavy (non-hydrogen) atoms. The Morgan fingerprint density at radius 1 is 1.43 bits per heavy atom. The number of halogens is 3. The first kappa shape index (κ1) is 16.2. The molecular weight excluding hydrogens is 346 g/mol. The summed E-state index contributed by atoms with van der Waals surface area (Å²) in [4.78, 5) is 12.1. The molecule has 0 saturated heterocycles. The number of carbonyl (C=O) groups is 1. The van der Waals surface area contributed by atoms with Crippen LogP contribution in [0.3, 0.4) is 0 Å². The number of carbonyl (C=O) groups excluding carboxylic acids is 1. The molecule has 0 unspecified atom stereocenters. The lowest BCUT2D eigenvalue weighted by Gasteiger charge is -2.22. The van der Waals surface area contributed by atoms with Gasteiger partial charge in [0, 0.05) is 16.6 Å². The monoisotopic (exact) mass is 362 g/mol. The summed E-state index contributed by atoms with van der Waals surface area (Å²) < 4.78 is 29.9. The molecule has 0 atom stereocenters. The van der Waals surface area contributed by atoms with Crippen LogP contribution >= 0.6 is 15.9 Å². The third kappa shape index (κ3) is 4.14. The zero-order valence-electron chi connectivity index (χ0n) is 11.4. The molecule has 2 rings (SSSR count). The molecule has 0 spiro atoms. The van der Waals surface area contributed by atoms with E-state index in [-0.39, 0.29) is 18.2 Å². The molecule has 0 bridgehead atoms. The fourth-order valence-electron chi connectivity index (χ4n) is 2.48. The molecule has 1 amide bonds. The van der Waals surface area contributed by atoms with Gasteiger partial charge in [0.05, 0.1) is 5.54 Å². The van der Waals surface area contributed by atoms with Crippen LogP contribution in [0, 0.1) is 0 Å². The van der Waals surface area contributed by atoms with Gasteiger partial charge in [-0.2, -0.15) is 8.78 Å². The summed E-state index contributed by atoms with van der Waals surface area (Å²) in [6, 6.07) is 4.67. The van der Waals surface area contributed by atoms with Crippen molar-refractivity contribution in [3.05, 3.63) is 28.2 Å². The summed E-state index contributed by atoms with van der Waals surface area (Å²) in [5, 5.41) is 2.71. The maximum atomic E-state index is 12.4. The Morgan fingerprint density at radius 2 is 2.10 bits per heavy atom. The summed E-state index contributed by atoms with van der Waals surface area (Å²) in [6.45, 7) is -2.81. The molecule has 4 nitrogen and oxygen atoms in total. The van der Waals surface area contributed by atoms with E-state index in [1.54, 1.807) is 12.1 Å². The number of benzene rings is 1. The number of alkyl halides is 2. The Morgan fingerprint density at radius 3 is 2.71 bits per heavy atom. The molecule has 1 aliphatic rings. The van der Waals surface area contributed by atoms with Gasteiger partial charge in [-0.25, -0.2) is 0 Å². The number of ether oxygens (including phenoxy) is 1. The van der Waals surface area contributed by atoms with Crippen LogP contribution in [-0.2, 0) is 11.3 Å². The van der Waals surface area contributed by atoms with Crippen LogP contribution in [0.2, 0.25) is 0 Å². The van der Waals surface area contributed by atoms with Crippen LogP contribution in [0.4, 0.5) is 8.78 Å². The van der Waals surface area contributed by atoms with E-state index < -0.39 is 12.2 Å². The van der Waals surface area contributed by atoms with E-state index in [0.717, 1.165) is 17.3 Å². The first-order valence-corrected chi connectivity index (χ1v) is 7.50. The highest BCUT2D eigenvalue weighted by Gasteiger charge is 2.36. The molecule has 116 valence electrons. The molecule has 0 heterocycles. The second-order valence-corrected chi connectivity index (χ2v) is 6.09. The number of amides is 1. The second-order valence-electron chi connectivity index (χ2n) is 5.18. The molecular formula is C14H17BrF2N2O2. The van der Waals surface area contributed by atoms with Crippen molar-refractivity contribution >= 4 is 21.8 Å². The van der Waals surface area contributed by atoms with Crippen molar-refractivity contribution < 1.29 is 18.3 Å². The summed E-state index contributed by atoms with van der Waals surface area (Å²) in [5.41, 5.74) is 5.68. The van der Waals surface area contributed by atoms with Crippen molar-refractivity contribution in [2.45, 2.75) is 44.4 Å². The number of nitrogens with two attached hydrogens (primary N) is 1. The topological polar surface area (TPSA) is 64.4 Å². The van der Waals surface area contributed by atoms with Crippen molar-refractivity contribution in [3.8, 4) is 5.75 Å². The maximum Gasteiger partial charge on any atom is 0.387 e. The first-order chi connectivity index (χ1) is 9.90. The number of nitrogens with one attached hydrogen (secondary N) is 1. The van der Waals surface area contributed by atoms with Gasteiger partial charge in [-0.1, -0.05) is 28.8 Å². The van der Waals surface area contributed by atoms with Crippen LogP contribution in [0.1, 0.15) is 31.2 Å². The average molecular weight is 363 g/mol. The van der Waals surface area contributed by atoms with Gasteiger partial charge in [0.25, 0.3) is 0 Å². The molecule has 1 saturated carbocycles. The van der Waals surface area contributed by atoms with Crippen molar-refractivity contribution in [1.82, 2.24) is 5.32 Å². The Bertz CT molecular complexity index is 520. The summed E-state index contributed by atoms with van der Waals surface area (Å²) >= 11 is 3.27. The molecule has 1 aromatic rings. The van der Waals surface area contributed by atoms with Crippen molar-refractivity contribution in [3.63, 3.8) is 0 Å². The molecule has 1 fully saturated rings. The highest BCUT2D eigenvalue weighted by molar-refractivity contribution is 9.10. The quantitative estimate of drug-likeness (QED) is 0.846. The Labute approximate surface area is 130 Å². The fraction of sp³-hybridized carbons (Fsp3) is 0.500. The van der Waals surface area contributed by atoms with Gasteiger partial charge in [-0.15, -0.1) is 0 Å². The molecule has 7 heteroatoms. The molecule has 0 aliphatic heterocycles. The van der Waals surface area contributed by atoms with Gasteiger partial charge in [-0.3, -0.25) is 4.79 Å². The zero-order valence-corrected chi connectivity index (χ0v) is 13.0. The van der Waals surface area contributed by atoms with Gasteiger partial charge < -0.3 is 15.8 Å². The van der Waals surface area contributed by atoms with Gasteiger partial charge >= 0.3 is 6.61 Å². The lowest BCUT2D eigenvalue weighted by atomic mass is 9.98. The van der Waals surface area contributed by atoms with E-state index in [0.29, 0.717) is 18.4 Å². The maximum absolute atomic E-state index is 12.4. The normalized spacial score (nSPS) is 17.0. The molecule has 3 N–H and O–H groups in total. The first-order valence-electron chi connectivity index (χ1n) is 6.71. The fourth-order valence-corrected chi connectivity index (χ4v) is 2.89. The molecule has 1 aromatic carbocycles. The van der Waals surface area contributed by atoms with Gasteiger partial charge in [-0.05, 0) is 31.0 Å². The van der Waals surface area contributed by atoms with Crippen molar-refractivity contribution in [2.24, 2.45) is 5.73 Å². The van der Waals surface area contributed by atoms with Crippen LogP contribution < -0.4 is 15.8 Å². The van der Waals surface area contributed by atoms with E-state index in [9.17, 15) is 13.6 Å². The van der Waals surface area contributed by atoms with Gasteiger partial charge in [0.15, 0.2) is 0 Å². The smallest absolute Gasteiger partial charge is 0.387 e. The highest BCUT2D eigenvalue weighted by atomic mass is 79.9. The third-order valence-corrected chi connectivity index (χ3v) is 4.12.